The minimum absolute atomic E-state index is 0. The molecule has 1 aromatic rings. The minimum atomic E-state index is 0. The normalized spacial score (nSPS) is 9.00. The van der Waals surface area contributed by atoms with Crippen LogP contribution in [0.4, 0.5) is 0 Å². The number of aryl methyl sites for hydroxylation is 3. The summed E-state index contributed by atoms with van der Waals surface area (Å²) in [5.41, 5.74) is 5.07. The van der Waals surface area contributed by atoms with Gasteiger partial charge in [-0.25, -0.2) is 0 Å². The molecule has 0 saturated heterocycles. The second kappa shape index (κ2) is 4.28. The molecule has 57 valence electrons. The summed E-state index contributed by atoms with van der Waals surface area (Å²) in [4.78, 5) is 0. The van der Waals surface area contributed by atoms with Crippen molar-refractivity contribution >= 4 is 0 Å². The Balaban J connectivity index is 0.000001000. The maximum Gasteiger partial charge on any atom is 0 e. The summed E-state index contributed by atoms with van der Waals surface area (Å²) in [6.07, 6.45) is 0. The molecular formula is C10H13Y-. The van der Waals surface area contributed by atoms with E-state index in [2.05, 4.69) is 39.8 Å². The van der Waals surface area contributed by atoms with Gasteiger partial charge >= 0.3 is 0 Å². The molecule has 0 N–H and O–H groups in total. The fourth-order valence-electron chi connectivity index (χ4n) is 1.21. The largest absolute Gasteiger partial charge is 0.198 e. The molecule has 0 saturated carbocycles. The van der Waals surface area contributed by atoms with Gasteiger partial charge in [-0.1, -0.05) is 19.4 Å². The van der Waals surface area contributed by atoms with E-state index >= 15 is 0 Å². The predicted octanol–water partition coefficient (Wildman–Crippen LogP) is 2.79. The molecule has 0 atom stereocenters. The Morgan fingerprint density at radius 3 is 1.73 bits per heavy atom. The average Bonchev–Trinajstić information content (AvgIpc) is 1.82. The van der Waals surface area contributed by atoms with E-state index < -0.39 is 0 Å². The van der Waals surface area contributed by atoms with Gasteiger partial charge in [-0.3, -0.25) is 0 Å². The van der Waals surface area contributed by atoms with Crippen molar-refractivity contribution in [3.05, 3.63) is 41.3 Å². The summed E-state index contributed by atoms with van der Waals surface area (Å²) in [7, 11) is 0. The Morgan fingerprint density at radius 1 is 1.00 bits per heavy atom. The monoisotopic (exact) mass is 222 g/mol. The molecule has 1 aromatic carbocycles. The van der Waals surface area contributed by atoms with Crippen LogP contribution in [0.1, 0.15) is 22.3 Å². The van der Waals surface area contributed by atoms with E-state index in [9.17, 15) is 0 Å². The van der Waals surface area contributed by atoms with Crippen LogP contribution in [0.5, 0.6) is 0 Å². The van der Waals surface area contributed by atoms with Gasteiger partial charge in [-0.2, -0.15) is 23.6 Å². The van der Waals surface area contributed by atoms with Crippen LogP contribution < -0.4 is 0 Å². The molecule has 0 aliphatic carbocycles. The van der Waals surface area contributed by atoms with Gasteiger partial charge in [0.05, 0.1) is 0 Å². The summed E-state index contributed by atoms with van der Waals surface area (Å²) < 4.78 is 0. The van der Waals surface area contributed by atoms with Crippen molar-refractivity contribution in [3.63, 3.8) is 0 Å². The van der Waals surface area contributed by atoms with E-state index in [0.29, 0.717) is 0 Å². The zero-order chi connectivity index (χ0) is 7.72. The van der Waals surface area contributed by atoms with Crippen molar-refractivity contribution in [3.8, 4) is 0 Å². The molecule has 1 rings (SSSR count). The second-order valence-electron chi connectivity index (χ2n) is 2.88. The fourth-order valence-corrected chi connectivity index (χ4v) is 1.21. The van der Waals surface area contributed by atoms with Crippen molar-refractivity contribution in [2.24, 2.45) is 0 Å². The Kier molecular flexibility index (Phi) is 4.35. The van der Waals surface area contributed by atoms with Crippen LogP contribution in [0.25, 0.3) is 0 Å². The van der Waals surface area contributed by atoms with Crippen LogP contribution >= 0.6 is 0 Å². The molecule has 0 amide bonds. The van der Waals surface area contributed by atoms with Crippen molar-refractivity contribution < 1.29 is 32.7 Å². The predicted molar refractivity (Wildman–Crippen MR) is 45.1 cm³/mol. The molecule has 0 heterocycles. The zero-order valence-corrected chi connectivity index (χ0v) is 10.3. The molecule has 1 radical (unpaired) electrons. The van der Waals surface area contributed by atoms with Gasteiger partial charge in [0.1, 0.15) is 0 Å². The molecule has 0 aliphatic heterocycles. The Bertz CT molecular complexity index is 228. The third-order valence-electron chi connectivity index (χ3n) is 1.84. The molecular weight excluding hydrogens is 209 g/mol. The molecule has 0 aliphatic rings. The van der Waals surface area contributed by atoms with Crippen molar-refractivity contribution in [1.29, 1.82) is 0 Å². The maximum atomic E-state index is 3.96. The second-order valence-corrected chi connectivity index (χ2v) is 2.88. The van der Waals surface area contributed by atoms with Crippen LogP contribution in [-0.2, 0) is 32.7 Å². The number of hydrogen-bond donors (Lipinski definition) is 0. The summed E-state index contributed by atoms with van der Waals surface area (Å²) in [6.45, 7) is 10.3. The van der Waals surface area contributed by atoms with E-state index in [1.807, 2.05) is 0 Å². The van der Waals surface area contributed by atoms with Crippen LogP contribution in [0.15, 0.2) is 12.1 Å². The third kappa shape index (κ3) is 2.61. The van der Waals surface area contributed by atoms with Gasteiger partial charge in [0.15, 0.2) is 0 Å². The van der Waals surface area contributed by atoms with Gasteiger partial charge in [0, 0.05) is 32.7 Å². The van der Waals surface area contributed by atoms with Crippen molar-refractivity contribution in [2.75, 3.05) is 0 Å². The first kappa shape index (κ1) is 11.2. The molecule has 11 heavy (non-hydrogen) atoms. The standard InChI is InChI=1S/C10H13.Y/c1-7-5-8(2)10(4)9(3)6-7;/h5-6H,4H2,1-3H3;/q-1;. The van der Waals surface area contributed by atoms with Gasteiger partial charge in [0.25, 0.3) is 0 Å². The Labute approximate surface area is 94.3 Å². The first-order valence-corrected chi connectivity index (χ1v) is 3.51. The number of benzene rings is 1. The SMILES string of the molecule is [CH2-]c1c(C)cc(C)cc1C.[Y]. The van der Waals surface area contributed by atoms with E-state index in [1.54, 1.807) is 0 Å². The van der Waals surface area contributed by atoms with Gasteiger partial charge < -0.3 is 0 Å². The van der Waals surface area contributed by atoms with Gasteiger partial charge in [-0.15, -0.1) is 12.1 Å². The first-order chi connectivity index (χ1) is 4.61. The number of hydrogen-bond acceptors (Lipinski definition) is 0. The van der Waals surface area contributed by atoms with E-state index in [-0.39, 0.29) is 32.7 Å². The maximum absolute atomic E-state index is 3.96. The van der Waals surface area contributed by atoms with Gasteiger partial charge in [0.2, 0.25) is 0 Å². The molecule has 1 heteroatoms. The number of rotatable bonds is 0. The van der Waals surface area contributed by atoms with E-state index in [4.69, 9.17) is 0 Å². The molecule has 0 nitrogen and oxygen atoms in total. The van der Waals surface area contributed by atoms with Crippen LogP contribution in [0.3, 0.4) is 0 Å². The van der Waals surface area contributed by atoms with E-state index in [1.165, 1.54) is 22.3 Å². The molecule has 0 spiro atoms. The van der Waals surface area contributed by atoms with Crippen LogP contribution in [0, 0.1) is 27.7 Å². The Morgan fingerprint density at radius 2 is 1.36 bits per heavy atom. The first-order valence-electron chi connectivity index (χ1n) is 3.51. The molecule has 0 aromatic heterocycles. The molecule has 0 fully saturated rings. The molecule has 0 unspecified atom stereocenters. The van der Waals surface area contributed by atoms with Gasteiger partial charge in [-0.05, 0) is 6.92 Å². The average molecular weight is 222 g/mol. The fraction of sp³-hybridized carbons (Fsp3) is 0.300. The summed E-state index contributed by atoms with van der Waals surface area (Å²) in [6, 6.07) is 4.32. The summed E-state index contributed by atoms with van der Waals surface area (Å²) in [5.74, 6) is 0. The smallest absolute Gasteiger partial charge is 0 e. The van der Waals surface area contributed by atoms with Crippen molar-refractivity contribution in [1.82, 2.24) is 0 Å². The van der Waals surface area contributed by atoms with Crippen LogP contribution in [0.2, 0.25) is 0 Å². The summed E-state index contributed by atoms with van der Waals surface area (Å²) in [5, 5.41) is 0. The summed E-state index contributed by atoms with van der Waals surface area (Å²) >= 11 is 0. The zero-order valence-electron chi connectivity index (χ0n) is 7.44. The minimum Gasteiger partial charge on any atom is -0.198 e. The molecule has 0 bridgehead atoms. The van der Waals surface area contributed by atoms with Crippen LogP contribution in [-0.4, -0.2) is 0 Å². The van der Waals surface area contributed by atoms with E-state index in [0.717, 1.165) is 0 Å². The van der Waals surface area contributed by atoms with Crippen molar-refractivity contribution in [2.45, 2.75) is 20.8 Å². The topological polar surface area (TPSA) is 0 Å². The Hall–Kier alpha value is 0.194. The quantitative estimate of drug-likeness (QED) is 0.592. The third-order valence-corrected chi connectivity index (χ3v) is 1.84.